The number of hydrogen-bond donors (Lipinski definition) is 0. The standard InChI is InChI=1S/C13H13NO2/c15-12-3-6-14(7-4-12)11-1-2-13-10(9-11)5-8-16-13/h1-2,5,8-9H,3-4,6-7H2. The summed E-state index contributed by atoms with van der Waals surface area (Å²) in [7, 11) is 0. The second-order valence-corrected chi connectivity index (χ2v) is 4.17. The predicted molar refractivity (Wildman–Crippen MR) is 62.7 cm³/mol. The van der Waals surface area contributed by atoms with E-state index in [1.165, 1.54) is 5.69 Å². The third-order valence-corrected chi connectivity index (χ3v) is 3.12. The van der Waals surface area contributed by atoms with Gasteiger partial charge in [0.2, 0.25) is 0 Å². The Balaban J connectivity index is 1.90. The van der Waals surface area contributed by atoms with Crippen LogP contribution in [0.1, 0.15) is 12.8 Å². The number of carbonyl (C=O) groups is 1. The fourth-order valence-corrected chi connectivity index (χ4v) is 2.17. The molecule has 0 saturated carbocycles. The van der Waals surface area contributed by atoms with Crippen molar-refractivity contribution in [2.24, 2.45) is 0 Å². The molecule has 3 heteroatoms. The van der Waals surface area contributed by atoms with Gasteiger partial charge in [-0.2, -0.15) is 0 Å². The maximum atomic E-state index is 11.2. The molecular weight excluding hydrogens is 202 g/mol. The molecule has 1 fully saturated rings. The summed E-state index contributed by atoms with van der Waals surface area (Å²) in [6, 6.07) is 8.13. The van der Waals surface area contributed by atoms with Gasteiger partial charge in [-0.25, -0.2) is 0 Å². The first-order valence-electron chi connectivity index (χ1n) is 5.57. The monoisotopic (exact) mass is 215 g/mol. The normalized spacial score (nSPS) is 17.0. The van der Waals surface area contributed by atoms with Crippen LogP contribution in [-0.4, -0.2) is 18.9 Å². The number of nitrogens with zero attached hydrogens (tertiary/aromatic N) is 1. The Hall–Kier alpha value is -1.77. The van der Waals surface area contributed by atoms with Crippen LogP contribution in [0.2, 0.25) is 0 Å². The van der Waals surface area contributed by atoms with E-state index >= 15 is 0 Å². The maximum absolute atomic E-state index is 11.2. The van der Waals surface area contributed by atoms with Crippen molar-refractivity contribution in [1.29, 1.82) is 0 Å². The second kappa shape index (κ2) is 3.67. The molecule has 3 nitrogen and oxygen atoms in total. The quantitative estimate of drug-likeness (QED) is 0.733. The zero-order valence-electron chi connectivity index (χ0n) is 8.98. The van der Waals surface area contributed by atoms with Crippen LogP contribution in [0.5, 0.6) is 0 Å². The van der Waals surface area contributed by atoms with Crippen LogP contribution in [0.4, 0.5) is 5.69 Å². The third kappa shape index (κ3) is 1.58. The van der Waals surface area contributed by atoms with Gasteiger partial charge in [0.25, 0.3) is 0 Å². The molecule has 2 heterocycles. The Kier molecular flexibility index (Phi) is 2.17. The van der Waals surface area contributed by atoms with E-state index in [-0.39, 0.29) is 0 Å². The van der Waals surface area contributed by atoms with Gasteiger partial charge < -0.3 is 9.32 Å². The summed E-state index contributed by atoms with van der Waals surface area (Å²) >= 11 is 0. The summed E-state index contributed by atoms with van der Waals surface area (Å²) in [5.41, 5.74) is 2.10. The third-order valence-electron chi connectivity index (χ3n) is 3.12. The van der Waals surface area contributed by atoms with Crippen molar-refractivity contribution in [3.63, 3.8) is 0 Å². The van der Waals surface area contributed by atoms with Gasteiger partial charge in [0, 0.05) is 37.0 Å². The molecule has 1 saturated heterocycles. The summed E-state index contributed by atoms with van der Waals surface area (Å²) in [5, 5.41) is 1.12. The molecule has 0 unspecified atom stereocenters. The minimum Gasteiger partial charge on any atom is -0.464 e. The molecular formula is C13H13NO2. The van der Waals surface area contributed by atoms with Crippen LogP contribution >= 0.6 is 0 Å². The van der Waals surface area contributed by atoms with E-state index < -0.39 is 0 Å². The lowest BCUT2D eigenvalue weighted by atomic mass is 10.1. The first kappa shape index (κ1) is 9.46. The van der Waals surface area contributed by atoms with Crippen LogP contribution in [0.25, 0.3) is 11.0 Å². The minimum absolute atomic E-state index is 0.376. The summed E-state index contributed by atoms with van der Waals surface area (Å²) < 4.78 is 5.30. The number of anilines is 1. The van der Waals surface area contributed by atoms with Crippen LogP contribution in [0.15, 0.2) is 34.9 Å². The lowest BCUT2D eigenvalue weighted by Gasteiger charge is -2.28. The highest BCUT2D eigenvalue weighted by molar-refractivity contribution is 5.83. The predicted octanol–water partition coefficient (Wildman–Crippen LogP) is 2.60. The van der Waals surface area contributed by atoms with Gasteiger partial charge in [0.05, 0.1) is 6.26 Å². The van der Waals surface area contributed by atoms with Gasteiger partial charge in [-0.1, -0.05) is 0 Å². The average Bonchev–Trinajstić information content (AvgIpc) is 2.77. The molecule has 2 aromatic rings. The summed E-state index contributed by atoms with van der Waals surface area (Å²) in [6.07, 6.45) is 3.04. The zero-order chi connectivity index (χ0) is 11.0. The Labute approximate surface area is 93.6 Å². The molecule has 0 N–H and O–H groups in total. The number of Topliss-reactive ketones (excluding diaryl/α,β-unsaturated/α-hetero) is 1. The molecule has 82 valence electrons. The number of carbonyl (C=O) groups excluding carboxylic acids is 1. The van der Waals surface area contributed by atoms with Crippen molar-refractivity contribution in [3.8, 4) is 0 Å². The van der Waals surface area contributed by atoms with Crippen LogP contribution in [0, 0.1) is 0 Å². The highest BCUT2D eigenvalue weighted by atomic mass is 16.3. The summed E-state index contributed by atoms with van der Waals surface area (Å²) in [6.45, 7) is 1.67. The lowest BCUT2D eigenvalue weighted by molar-refractivity contribution is -0.119. The second-order valence-electron chi connectivity index (χ2n) is 4.17. The molecule has 1 aliphatic heterocycles. The smallest absolute Gasteiger partial charge is 0.136 e. The molecule has 1 aliphatic rings. The van der Waals surface area contributed by atoms with Gasteiger partial charge >= 0.3 is 0 Å². The maximum Gasteiger partial charge on any atom is 0.136 e. The molecule has 0 spiro atoms. The summed E-state index contributed by atoms with van der Waals surface area (Å²) in [4.78, 5) is 13.4. The number of ketones is 1. The Morgan fingerprint density at radius 1 is 1.12 bits per heavy atom. The molecule has 16 heavy (non-hydrogen) atoms. The van der Waals surface area contributed by atoms with E-state index in [2.05, 4.69) is 17.0 Å². The first-order valence-corrected chi connectivity index (χ1v) is 5.57. The molecule has 1 aromatic carbocycles. The van der Waals surface area contributed by atoms with Gasteiger partial charge in [0.1, 0.15) is 11.4 Å². The lowest BCUT2D eigenvalue weighted by Crippen LogP contribution is -2.33. The van der Waals surface area contributed by atoms with E-state index in [1.54, 1.807) is 6.26 Å². The van der Waals surface area contributed by atoms with Crippen molar-refractivity contribution in [1.82, 2.24) is 0 Å². The Morgan fingerprint density at radius 3 is 2.75 bits per heavy atom. The number of hydrogen-bond acceptors (Lipinski definition) is 3. The van der Waals surface area contributed by atoms with Crippen molar-refractivity contribution in [3.05, 3.63) is 30.5 Å². The van der Waals surface area contributed by atoms with Crippen molar-refractivity contribution < 1.29 is 9.21 Å². The molecule has 0 aliphatic carbocycles. The van der Waals surface area contributed by atoms with Gasteiger partial charge in [-0.3, -0.25) is 4.79 Å². The van der Waals surface area contributed by atoms with E-state index in [9.17, 15) is 4.79 Å². The van der Waals surface area contributed by atoms with Crippen LogP contribution < -0.4 is 4.90 Å². The molecule has 0 amide bonds. The number of fused-ring (bicyclic) bond motifs is 1. The van der Waals surface area contributed by atoms with Gasteiger partial charge in [-0.05, 0) is 24.3 Å². The highest BCUT2D eigenvalue weighted by Crippen LogP contribution is 2.24. The number of rotatable bonds is 1. The molecule has 1 aromatic heterocycles. The molecule has 0 bridgehead atoms. The van der Waals surface area contributed by atoms with Crippen molar-refractivity contribution >= 4 is 22.4 Å². The van der Waals surface area contributed by atoms with E-state index in [0.717, 1.165) is 24.1 Å². The Bertz CT molecular complexity index is 519. The number of benzene rings is 1. The Morgan fingerprint density at radius 2 is 1.94 bits per heavy atom. The number of furan rings is 1. The van der Waals surface area contributed by atoms with Crippen molar-refractivity contribution in [2.75, 3.05) is 18.0 Å². The molecule has 3 rings (SSSR count). The largest absolute Gasteiger partial charge is 0.464 e. The van der Waals surface area contributed by atoms with Crippen LogP contribution in [0.3, 0.4) is 0 Å². The first-order chi connectivity index (χ1) is 7.83. The van der Waals surface area contributed by atoms with E-state index in [4.69, 9.17) is 4.42 Å². The van der Waals surface area contributed by atoms with Crippen molar-refractivity contribution in [2.45, 2.75) is 12.8 Å². The van der Waals surface area contributed by atoms with Crippen LogP contribution in [-0.2, 0) is 4.79 Å². The SMILES string of the molecule is O=C1CCN(c2ccc3occc3c2)CC1. The van der Waals surface area contributed by atoms with E-state index in [0.29, 0.717) is 18.6 Å². The number of piperidine rings is 1. The molecule has 0 radical (unpaired) electrons. The summed E-state index contributed by atoms with van der Waals surface area (Å²) in [5.74, 6) is 0.376. The zero-order valence-corrected chi connectivity index (χ0v) is 8.98. The highest BCUT2D eigenvalue weighted by Gasteiger charge is 2.16. The fraction of sp³-hybridized carbons (Fsp3) is 0.308. The minimum atomic E-state index is 0.376. The fourth-order valence-electron chi connectivity index (χ4n) is 2.17. The van der Waals surface area contributed by atoms with Gasteiger partial charge in [0.15, 0.2) is 0 Å². The van der Waals surface area contributed by atoms with Gasteiger partial charge in [-0.15, -0.1) is 0 Å². The van der Waals surface area contributed by atoms with E-state index in [1.807, 2.05) is 12.1 Å². The molecule has 0 atom stereocenters. The average molecular weight is 215 g/mol. The topological polar surface area (TPSA) is 33.5 Å².